The molecule has 8 heteroatoms. The Morgan fingerprint density at radius 2 is 1.94 bits per heavy atom. The van der Waals surface area contributed by atoms with Gasteiger partial charge in [0, 0.05) is 33.7 Å². The highest BCUT2D eigenvalue weighted by molar-refractivity contribution is 9.10. The summed E-state index contributed by atoms with van der Waals surface area (Å²) in [4.78, 5) is 26.5. The van der Waals surface area contributed by atoms with Crippen LogP contribution in [0.3, 0.4) is 0 Å². The molecule has 1 N–H and O–H groups in total. The van der Waals surface area contributed by atoms with Crippen molar-refractivity contribution >= 4 is 51.2 Å². The van der Waals surface area contributed by atoms with Crippen LogP contribution in [-0.2, 0) is 16.2 Å². The van der Waals surface area contributed by atoms with Crippen molar-refractivity contribution in [2.45, 2.75) is 13.0 Å². The van der Waals surface area contributed by atoms with Gasteiger partial charge in [0.05, 0.1) is 12.1 Å². The zero-order chi connectivity index (χ0) is 23.2. The van der Waals surface area contributed by atoms with Crippen LogP contribution >= 0.6 is 27.5 Å². The number of hydrogen-bond acceptors (Lipinski definition) is 4. The number of carbonyl (C=O) groups is 2. The number of amides is 2. The van der Waals surface area contributed by atoms with Crippen LogP contribution in [0, 0.1) is 5.92 Å². The van der Waals surface area contributed by atoms with Gasteiger partial charge >= 0.3 is 0 Å². The molecule has 0 spiro atoms. The minimum atomic E-state index is -0.455. The number of ether oxygens (including phenoxy) is 1. The summed E-state index contributed by atoms with van der Waals surface area (Å²) in [6.07, 6.45) is 1.70. The van der Waals surface area contributed by atoms with Gasteiger partial charge in [0.25, 0.3) is 0 Å². The van der Waals surface area contributed by atoms with E-state index in [1.54, 1.807) is 11.1 Å². The molecule has 1 atom stereocenters. The van der Waals surface area contributed by atoms with Crippen molar-refractivity contribution in [3.63, 3.8) is 0 Å². The third kappa shape index (κ3) is 6.00. The van der Waals surface area contributed by atoms with Crippen LogP contribution in [0.1, 0.15) is 17.5 Å². The normalized spacial score (nSPS) is 15.8. The minimum absolute atomic E-state index is 0.0789. The lowest BCUT2D eigenvalue weighted by Crippen LogP contribution is -2.30. The molecular weight excluding hydrogens is 506 g/mol. The van der Waals surface area contributed by atoms with E-state index in [-0.39, 0.29) is 18.2 Å². The molecule has 3 aromatic rings. The smallest absolute Gasteiger partial charge is 0.245 e. The van der Waals surface area contributed by atoms with Crippen LogP contribution in [0.25, 0.3) is 0 Å². The second kappa shape index (κ2) is 10.6. The quantitative estimate of drug-likeness (QED) is 0.340. The maximum absolute atomic E-state index is 12.5. The Balaban J connectivity index is 1.31. The number of carbonyl (C=O) groups excluding carboxylic acids is 2. The first kappa shape index (κ1) is 23.0. The molecule has 0 bridgehead atoms. The first-order valence-electron chi connectivity index (χ1n) is 10.3. The molecule has 1 heterocycles. The molecule has 2 amide bonds. The molecule has 3 aromatic carbocycles. The van der Waals surface area contributed by atoms with Crippen molar-refractivity contribution in [3.05, 3.63) is 93.4 Å². The lowest BCUT2D eigenvalue weighted by molar-refractivity contribution is -0.126. The molecule has 1 fully saturated rings. The zero-order valence-electron chi connectivity index (χ0n) is 17.6. The summed E-state index contributed by atoms with van der Waals surface area (Å²) in [7, 11) is 0. The van der Waals surface area contributed by atoms with Crippen LogP contribution in [0.4, 0.5) is 5.69 Å². The molecule has 0 aliphatic carbocycles. The summed E-state index contributed by atoms with van der Waals surface area (Å²) in [5, 5.41) is 4.71. The fraction of sp³-hybridized carbons (Fsp3) is 0.160. The van der Waals surface area contributed by atoms with Gasteiger partial charge in [-0.2, -0.15) is 5.10 Å². The van der Waals surface area contributed by atoms with Crippen molar-refractivity contribution in [2.75, 3.05) is 11.4 Å². The predicted molar refractivity (Wildman–Crippen MR) is 133 cm³/mol. The van der Waals surface area contributed by atoms with Gasteiger partial charge in [-0.1, -0.05) is 57.9 Å². The molecule has 0 radical (unpaired) electrons. The Morgan fingerprint density at radius 3 is 2.73 bits per heavy atom. The number of hydrazone groups is 1. The summed E-state index contributed by atoms with van der Waals surface area (Å²) in [6, 6.07) is 22.3. The Labute approximate surface area is 205 Å². The number of anilines is 1. The van der Waals surface area contributed by atoms with E-state index in [1.165, 1.54) is 0 Å². The fourth-order valence-corrected chi connectivity index (χ4v) is 3.93. The van der Waals surface area contributed by atoms with Gasteiger partial charge in [0.1, 0.15) is 12.4 Å². The van der Waals surface area contributed by atoms with Crippen molar-refractivity contribution in [1.29, 1.82) is 0 Å². The third-order valence-corrected chi connectivity index (χ3v) is 6.13. The highest BCUT2D eigenvalue weighted by Crippen LogP contribution is 2.26. The van der Waals surface area contributed by atoms with Crippen LogP contribution < -0.4 is 15.1 Å². The van der Waals surface area contributed by atoms with E-state index in [0.717, 1.165) is 21.3 Å². The average Bonchev–Trinajstić information content (AvgIpc) is 3.21. The lowest BCUT2D eigenvalue weighted by atomic mass is 10.1. The number of nitrogens with zero attached hydrogens (tertiary/aromatic N) is 2. The monoisotopic (exact) mass is 525 g/mol. The van der Waals surface area contributed by atoms with Crippen LogP contribution in [0.5, 0.6) is 5.75 Å². The Morgan fingerprint density at radius 1 is 1.15 bits per heavy atom. The van der Waals surface area contributed by atoms with Gasteiger partial charge in [0.2, 0.25) is 11.8 Å². The number of rotatable bonds is 7. The molecule has 1 saturated heterocycles. The number of benzene rings is 3. The van der Waals surface area contributed by atoms with E-state index in [9.17, 15) is 9.59 Å². The first-order valence-corrected chi connectivity index (χ1v) is 11.5. The topological polar surface area (TPSA) is 71.0 Å². The van der Waals surface area contributed by atoms with Crippen molar-refractivity contribution < 1.29 is 14.3 Å². The van der Waals surface area contributed by atoms with E-state index in [2.05, 4.69) is 26.5 Å². The van der Waals surface area contributed by atoms with E-state index >= 15 is 0 Å². The zero-order valence-corrected chi connectivity index (χ0v) is 19.9. The van der Waals surface area contributed by atoms with E-state index < -0.39 is 5.92 Å². The molecule has 6 nitrogen and oxygen atoms in total. The van der Waals surface area contributed by atoms with Crippen molar-refractivity contribution in [2.24, 2.45) is 11.0 Å². The van der Waals surface area contributed by atoms with Crippen LogP contribution in [0.2, 0.25) is 5.02 Å². The SMILES string of the molecule is O=C(N/N=C\c1cccc(OCc2ccccc2Cl)c1)[C@H]1CC(=O)N(c2ccc(Br)cc2)C1. The van der Waals surface area contributed by atoms with Crippen molar-refractivity contribution in [1.82, 2.24) is 5.43 Å². The predicted octanol–water partition coefficient (Wildman–Crippen LogP) is 5.18. The third-order valence-electron chi connectivity index (χ3n) is 5.23. The number of hydrogen-bond donors (Lipinski definition) is 1. The summed E-state index contributed by atoms with van der Waals surface area (Å²) < 4.78 is 6.75. The van der Waals surface area contributed by atoms with Gasteiger partial charge in [-0.15, -0.1) is 0 Å². The Hall–Kier alpha value is -3.16. The minimum Gasteiger partial charge on any atom is -0.489 e. The van der Waals surface area contributed by atoms with Crippen LogP contribution in [-0.4, -0.2) is 24.6 Å². The highest BCUT2D eigenvalue weighted by Gasteiger charge is 2.35. The molecular formula is C25H21BrClN3O3. The molecule has 168 valence electrons. The summed E-state index contributed by atoms with van der Waals surface area (Å²) in [5.74, 6) is -0.157. The molecule has 1 aliphatic heterocycles. The molecule has 0 aromatic heterocycles. The van der Waals surface area contributed by atoms with Gasteiger partial charge in [0.15, 0.2) is 0 Å². The van der Waals surface area contributed by atoms with E-state index in [0.29, 0.717) is 23.9 Å². The van der Waals surface area contributed by atoms with E-state index in [1.807, 2.05) is 72.8 Å². The van der Waals surface area contributed by atoms with Gasteiger partial charge in [-0.05, 0) is 48.0 Å². The molecule has 1 aliphatic rings. The Kier molecular flexibility index (Phi) is 7.42. The van der Waals surface area contributed by atoms with Gasteiger partial charge in [-0.25, -0.2) is 5.43 Å². The van der Waals surface area contributed by atoms with E-state index in [4.69, 9.17) is 16.3 Å². The average molecular weight is 527 g/mol. The second-order valence-corrected chi connectivity index (χ2v) is 8.89. The maximum Gasteiger partial charge on any atom is 0.245 e. The van der Waals surface area contributed by atoms with Gasteiger partial charge < -0.3 is 9.64 Å². The number of nitrogens with one attached hydrogen (secondary N) is 1. The van der Waals surface area contributed by atoms with Crippen LogP contribution in [0.15, 0.2) is 82.4 Å². The Bertz CT molecular complexity index is 1180. The summed E-state index contributed by atoms with van der Waals surface area (Å²) in [6.45, 7) is 0.675. The molecule has 0 unspecified atom stereocenters. The standard InChI is InChI=1S/C25H21BrClN3O3/c26-20-8-10-21(11-9-20)30-15-19(13-24(30)31)25(32)29-28-14-17-4-3-6-22(12-17)33-16-18-5-1-2-7-23(18)27/h1-12,14,19H,13,15-16H2,(H,29,32)/b28-14-/t19-/m0/s1. The summed E-state index contributed by atoms with van der Waals surface area (Å²) >= 11 is 9.55. The highest BCUT2D eigenvalue weighted by atomic mass is 79.9. The first-order chi connectivity index (χ1) is 16.0. The maximum atomic E-state index is 12.5. The second-order valence-electron chi connectivity index (χ2n) is 7.57. The fourth-order valence-electron chi connectivity index (χ4n) is 3.48. The van der Waals surface area contributed by atoms with Gasteiger partial charge in [-0.3, -0.25) is 9.59 Å². The lowest BCUT2D eigenvalue weighted by Gasteiger charge is -2.16. The molecule has 0 saturated carbocycles. The molecule has 33 heavy (non-hydrogen) atoms. The summed E-state index contributed by atoms with van der Waals surface area (Å²) in [5.41, 5.74) is 4.99. The number of halogens is 2. The largest absolute Gasteiger partial charge is 0.489 e. The van der Waals surface area contributed by atoms with Crippen molar-refractivity contribution in [3.8, 4) is 5.75 Å². The molecule has 4 rings (SSSR count).